The Morgan fingerprint density at radius 3 is 2.88 bits per heavy atom. The van der Waals surface area contributed by atoms with Crippen LogP contribution in [0.5, 0.6) is 0 Å². The van der Waals surface area contributed by atoms with Crippen molar-refractivity contribution < 1.29 is 13.2 Å². The summed E-state index contributed by atoms with van der Waals surface area (Å²) in [6, 6.07) is 3.93. The Bertz CT molecular complexity index is 846. The Labute approximate surface area is 149 Å². The minimum atomic E-state index is -3.77. The molecule has 0 bridgehead atoms. The van der Waals surface area contributed by atoms with Crippen molar-refractivity contribution in [3.8, 4) is 0 Å². The van der Waals surface area contributed by atoms with Crippen molar-refractivity contribution >= 4 is 44.7 Å². The van der Waals surface area contributed by atoms with Gasteiger partial charge in [0.25, 0.3) is 10.0 Å². The SMILES string of the molecule is CCn1nccc1N1CCC[C@@H](NS(=O)(=O)c2ccc(Cl)s2)C1=O. The molecule has 3 heterocycles. The molecule has 1 atom stereocenters. The molecule has 0 saturated carbocycles. The number of nitrogens with zero attached hydrogens (tertiary/aromatic N) is 3. The van der Waals surface area contributed by atoms with Crippen LogP contribution in [0.2, 0.25) is 4.34 Å². The summed E-state index contributed by atoms with van der Waals surface area (Å²) in [6.45, 7) is 3.12. The molecule has 1 fully saturated rings. The molecule has 1 saturated heterocycles. The van der Waals surface area contributed by atoms with E-state index in [2.05, 4.69) is 9.82 Å². The van der Waals surface area contributed by atoms with Crippen LogP contribution >= 0.6 is 22.9 Å². The first-order valence-electron chi connectivity index (χ1n) is 7.53. The summed E-state index contributed by atoms with van der Waals surface area (Å²) in [5, 5.41) is 4.17. The Morgan fingerprint density at radius 2 is 2.21 bits per heavy atom. The van der Waals surface area contributed by atoms with Crippen LogP contribution in [-0.2, 0) is 21.4 Å². The van der Waals surface area contributed by atoms with E-state index in [0.29, 0.717) is 36.1 Å². The standard InChI is InChI=1S/C14H17ClN4O3S2/c1-2-19-12(7-8-16-19)18-9-3-4-10(14(18)20)17-24(21,22)13-6-5-11(15)23-13/h5-8,10,17H,2-4,9H2,1H3/t10-/m1/s1. The molecule has 24 heavy (non-hydrogen) atoms. The lowest BCUT2D eigenvalue weighted by molar-refractivity contribution is -0.121. The number of hydrogen-bond donors (Lipinski definition) is 1. The van der Waals surface area contributed by atoms with E-state index < -0.39 is 16.1 Å². The molecule has 2 aromatic rings. The van der Waals surface area contributed by atoms with E-state index in [1.807, 2.05) is 6.92 Å². The van der Waals surface area contributed by atoms with Gasteiger partial charge < -0.3 is 0 Å². The second-order valence-corrected chi connectivity index (χ2v) is 9.03. The number of carbonyl (C=O) groups excluding carboxylic acids is 1. The molecule has 1 aliphatic rings. The van der Waals surface area contributed by atoms with Crippen LogP contribution in [0.3, 0.4) is 0 Å². The Hall–Kier alpha value is -1.42. The fourth-order valence-corrected chi connectivity index (χ4v) is 5.42. The number of amides is 1. The number of sulfonamides is 1. The van der Waals surface area contributed by atoms with Crippen molar-refractivity contribution in [2.24, 2.45) is 0 Å². The number of rotatable bonds is 5. The van der Waals surface area contributed by atoms with Gasteiger partial charge in [0.2, 0.25) is 5.91 Å². The number of halogens is 1. The number of nitrogens with one attached hydrogen (secondary N) is 1. The van der Waals surface area contributed by atoms with Gasteiger partial charge in [0, 0.05) is 19.2 Å². The number of aromatic nitrogens is 2. The highest BCUT2D eigenvalue weighted by Gasteiger charge is 2.34. The van der Waals surface area contributed by atoms with Crippen molar-refractivity contribution in [3.63, 3.8) is 0 Å². The monoisotopic (exact) mass is 388 g/mol. The van der Waals surface area contributed by atoms with Crippen molar-refractivity contribution in [3.05, 3.63) is 28.7 Å². The number of carbonyl (C=O) groups is 1. The molecular weight excluding hydrogens is 372 g/mol. The van der Waals surface area contributed by atoms with Crippen molar-refractivity contribution in [2.75, 3.05) is 11.4 Å². The summed E-state index contributed by atoms with van der Waals surface area (Å²) in [6.07, 6.45) is 2.81. The lowest BCUT2D eigenvalue weighted by Crippen LogP contribution is -2.52. The lowest BCUT2D eigenvalue weighted by atomic mass is 10.1. The van der Waals surface area contributed by atoms with E-state index in [9.17, 15) is 13.2 Å². The topological polar surface area (TPSA) is 84.3 Å². The van der Waals surface area contributed by atoms with E-state index in [1.54, 1.807) is 21.8 Å². The van der Waals surface area contributed by atoms with E-state index in [0.717, 1.165) is 11.3 Å². The lowest BCUT2D eigenvalue weighted by Gasteiger charge is -2.32. The maximum Gasteiger partial charge on any atom is 0.250 e. The van der Waals surface area contributed by atoms with Gasteiger partial charge in [0.15, 0.2) is 0 Å². The van der Waals surface area contributed by atoms with E-state index in [1.165, 1.54) is 12.1 Å². The molecule has 0 unspecified atom stereocenters. The average Bonchev–Trinajstić information content (AvgIpc) is 3.18. The highest BCUT2D eigenvalue weighted by molar-refractivity contribution is 7.91. The summed E-state index contributed by atoms with van der Waals surface area (Å²) in [5.41, 5.74) is 0. The van der Waals surface area contributed by atoms with Gasteiger partial charge in [0.05, 0.1) is 10.5 Å². The third kappa shape index (κ3) is 3.34. The van der Waals surface area contributed by atoms with Crippen LogP contribution in [0.15, 0.2) is 28.6 Å². The van der Waals surface area contributed by atoms with Crippen LogP contribution in [0.25, 0.3) is 0 Å². The minimum Gasteiger partial charge on any atom is -0.296 e. The zero-order valence-corrected chi connectivity index (χ0v) is 15.4. The minimum absolute atomic E-state index is 0.107. The highest BCUT2D eigenvalue weighted by Crippen LogP contribution is 2.27. The third-order valence-corrected chi connectivity index (χ3v) is 7.01. The van der Waals surface area contributed by atoms with Crippen LogP contribution in [0.4, 0.5) is 5.82 Å². The second-order valence-electron chi connectivity index (χ2n) is 5.37. The number of piperidine rings is 1. The molecule has 0 aromatic carbocycles. The molecular formula is C14H17ClN4O3S2. The number of hydrogen-bond acceptors (Lipinski definition) is 5. The molecule has 1 amide bonds. The first-order chi connectivity index (χ1) is 11.4. The van der Waals surface area contributed by atoms with Crippen molar-refractivity contribution in [1.29, 1.82) is 0 Å². The summed E-state index contributed by atoms with van der Waals surface area (Å²) >= 11 is 6.77. The maximum absolute atomic E-state index is 12.7. The Kier molecular flexibility index (Phi) is 4.95. The normalized spacial score (nSPS) is 19.0. The van der Waals surface area contributed by atoms with Crippen LogP contribution in [-0.4, -0.2) is 36.7 Å². The third-order valence-electron chi connectivity index (χ3n) is 3.82. The average molecular weight is 389 g/mol. The fraction of sp³-hybridized carbons (Fsp3) is 0.429. The molecule has 1 aliphatic heterocycles. The molecule has 130 valence electrons. The van der Waals surface area contributed by atoms with Crippen molar-refractivity contribution in [1.82, 2.24) is 14.5 Å². The molecule has 0 spiro atoms. The van der Waals surface area contributed by atoms with E-state index in [4.69, 9.17) is 11.6 Å². The predicted octanol–water partition coefficient (Wildman–Crippen LogP) is 2.09. The summed E-state index contributed by atoms with van der Waals surface area (Å²) in [7, 11) is -3.77. The molecule has 10 heteroatoms. The van der Waals surface area contributed by atoms with Gasteiger partial charge in [-0.05, 0) is 31.9 Å². The fourth-order valence-electron chi connectivity index (χ4n) is 2.70. The van der Waals surface area contributed by atoms with Gasteiger partial charge in [-0.2, -0.15) is 9.82 Å². The molecule has 0 radical (unpaired) electrons. The maximum atomic E-state index is 12.7. The largest absolute Gasteiger partial charge is 0.296 e. The van der Waals surface area contributed by atoms with Gasteiger partial charge in [-0.1, -0.05) is 11.6 Å². The summed E-state index contributed by atoms with van der Waals surface area (Å²) < 4.78 is 29.6. The van der Waals surface area contributed by atoms with Crippen LogP contribution in [0, 0.1) is 0 Å². The summed E-state index contributed by atoms with van der Waals surface area (Å²) in [4.78, 5) is 14.3. The first-order valence-corrected chi connectivity index (χ1v) is 10.2. The predicted molar refractivity (Wildman–Crippen MR) is 92.9 cm³/mol. The Morgan fingerprint density at radius 1 is 1.42 bits per heavy atom. The van der Waals surface area contributed by atoms with E-state index in [-0.39, 0.29) is 10.1 Å². The van der Waals surface area contributed by atoms with Gasteiger partial charge in [-0.3, -0.25) is 9.69 Å². The molecule has 7 nitrogen and oxygen atoms in total. The first kappa shape index (κ1) is 17.4. The van der Waals surface area contributed by atoms with Crippen LogP contribution in [0.1, 0.15) is 19.8 Å². The van der Waals surface area contributed by atoms with Crippen molar-refractivity contribution in [2.45, 2.75) is 36.6 Å². The Balaban J connectivity index is 1.81. The number of anilines is 1. The van der Waals surface area contributed by atoms with Crippen LogP contribution < -0.4 is 9.62 Å². The van der Waals surface area contributed by atoms with Gasteiger partial charge in [-0.25, -0.2) is 13.1 Å². The zero-order chi connectivity index (χ0) is 17.3. The molecule has 0 aliphatic carbocycles. The van der Waals surface area contributed by atoms with Gasteiger partial charge in [0.1, 0.15) is 16.1 Å². The highest BCUT2D eigenvalue weighted by atomic mass is 35.5. The van der Waals surface area contributed by atoms with E-state index >= 15 is 0 Å². The van der Waals surface area contributed by atoms with Gasteiger partial charge >= 0.3 is 0 Å². The molecule has 3 rings (SSSR count). The second kappa shape index (κ2) is 6.83. The smallest absolute Gasteiger partial charge is 0.250 e. The summed E-state index contributed by atoms with van der Waals surface area (Å²) in [5.74, 6) is 0.424. The number of thiophene rings is 1. The molecule has 2 aromatic heterocycles. The quantitative estimate of drug-likeness (QED) is 0.849. The van der Waals surface area contributed by atoms with Gasteiger partial charge in [-0.15, -0.1) is 11.3 Å². The molecule has 1 N–H and O–H groups in total. The number of aryl methyl sites for hydroxylation is 1. The zero-order valence-electron chi connectivity index (χ0n) is 13.0.